The van der Waals surface area contributed by atoms with Crippen molar-refractivity contribution in [3.05, 3.63) is 33.8 Å². The summed E-state index contributed by atoms with van der Waals surface area (Å²) >= 11 is 11.3. The number of aryl methyl sites for hydroxylation is 1. The fourth-order valence-corrected chi connectivity index (χ4v) is 0.954. The monoisotopic (exact) mass is 160 g/mol. The van der Waals surface area contributed by atoms with E-state index < -0.39 is 0 Å². The van der Waals surface area contributed by atoms with E-state index in [2.05, 4.69) is 0 Å². The molecule has 0 aliphatic carbocycles. The van der Waals surface area contributed by atoms with E-state index in [0.29, 0.717) is 10.0 Å². The zero-order chi connectivity index (χ0) is 6.85. The van der Waals surface area contributed by atoms with Gasteiger partial charge in [0.05, 0.1) is 10.0 Å². The van der Waals surface area contributed by atoms with E-state index in [1.807, 2.05) is 19.1 Å². The Labute approximate surface area is 64.4 Å². The van der Waals surface area contributed by atoms with Gasteiger partial charge < -0.3 is 0 Å². The minimum atomic E-state index is 0.613. The molecule has 1 aromatic carbocycles. The van der Waals surface area contributed by atoms with Gasteiger partial charge in [0.2, 0.25) is 0 Å². The summed E-state index contributed by atoms with van der Waals surface area (Å²) in [7, 11) is 0. The molecule has 48 valence electrons. The molecule has 0 saturated carbocycles. The average molecular weight is 161 g/mol. The second-order valence-corrected chi connectivity index (χ2v) is 2.73. The highest BCUT2D eigenvalue weighted by Gasteiger charge is 1.93. The van der Waals surface area contributed by atoms with E-state index in [-0.39, 0.29) is 0 Å². The molecule has 1 rings (SSSR count). The Morgan fingerprint density at radius 3 is 2.22 bits per heavy atom. The molecular formula is C7H6Cl2. The van der Waals surface area contributed by atoms with Crippen LogP contribution in [0.5, 0.6) is 0 Å². The lowest BCUT2D eigenvalue weighted by molar-refractivity contribution is 1.47. The lowest BCUT2D eigenvalue weighted by Gasteiger charge is -1.94. The molecule has 0 nitrogen and oxygen atoms in total. The predicted molar refractivity (Wildman–Crippen MR) is 41.2 cm³/mol. The summed E-state index contributed by atoms with van der Waals surface area (Å²) in [6, 6.07) is 5.55. The van der Waals surface area contributed by atoms with Crippen LogP contribution in [-0.2, 0) is 0 Å². The minimum Gasteiger partial charge on any atom is -0.0827 e. The first kappa shape index (κ1) is 6.91. The molecule has 0 amide bonds. The third kappa shape index (κ3) is 1.60. The molecule has 0 aliphatic heterocycles. The van der Waals surface area contributed by atoms with E-state index in [0.717, 1.165) is 5.56 Å². The number of hydrogen-bond acceptors (Lipinski definition) is 0. The Bertz CT molecular complexity index is 218. The lowest BCUT2D eigenvalue weighted by Crippen LogP contribution is -1.70. The van der Waals surface area contributed by atoms with Gasteiger partial charge in [-0.05, 0) is 24.6 Å². The van der Waals surface area contributed by atoms with Gasteiger partial charge in [0.15, 0.2) is 0 Å². The first-order valence-electron chi connectivity index (χ1n) is 2.62. The summed E-state index contributed by atoms with van der Waals surface area (Å²) in [5, 5.41) is 1.24. The van der Waals surface area contributed by atoms with E-state index in [1.54, 1.807) is 6.07 Å². The number of rotatable bonds is 0. The van der Waals surface area contributed by atoms with E-state index in [1.165, 1.54) is 0 Å². The van der Waals surface area contributed by atoms with Crippen LogP contribution in [0, 0.1) is 6.92 Å². The summed E-state index contributed by atoms with van der Waals surface area (Å²) in [6.07, 6.45) is 0. The Balaban J connectivity index is 3.17. The number of benzene rings is 1. The fourth-order valence-electron chi connectivity index (χ4n) is 0.601. The summed E-state index contributed by atoms with van der Waals surface area (Å²) < 4.78 is 0. The van der Waals surface area contributed by atoms with Crippen molar-refractivity contribution in [3.8, 4) is 0 Å². The van der Waals surface area contributed by atoms with Crippen molar-refractivity contribution in [1.82, 2.24) is 0 Å². The molecule has 0 fully saturated rings. The van der Waals surface area contributed by atoms with Gasteiger partial charge >= 0.3 is 0 Å². The largest absolute Gasteiger partial charge is 0.0827 e. The second kappa shape index (κ2) is 2.59. The molecule has 9 heavy (non-hydrogen) atoms. The Kier molecular flexibility index (Phi) is 1.99. The molecule has 0 radical (unpaired) electrons. The predicted octanol–water partition coefficient (Wildman–Crippen LogP) is 3.30. The number of hydrogen-bond donors (Lipinski definition) is 0. The van der Waals surface area contributed by atoms with Gasteiger partial charge in [0.1, 0.15) is 0 Å². The van der Waals surface area contributed by atoms with E-state index >= 15 is 0 Å². The molecule has 0 bridgehead atoms. The standard InChI is InChI=1S/C7H6Cl2/c1-5-2-3-6(8)7(9)4-5/h2-4H,1H3. The highest BCUT2D eigenvalue weighted by molar-refractivity contribution is 6.41. The van der Waals surface area contributed by atoms with Crippen LogP contribution in [0.3, 0.4) is 0 Å². The first-order valence-corrected chi connectivity index (χ1v) is 3.37. The summed E-state index contributed by atoms with van der Waals surface area (Å²) in [6.45, 7) is 1.97. The van der Waals surface area contributed by atoms with Crippen LogP contribution in [0.1, 0.15) is 5.56 Å². The van der Waals surface area contributed by atoms with Crippen molar-refractivity contribution in [2.24, 2.45) is 0 Å². The molecular weight excluding hydrogens is 155 g/mol. The second-order valence-electron chi connectivity index (χ2n) is 1.92. The zero-order valence-electron chi connectivity index (χ0n) is 4.99. The lowest BCUT2D eigenvalue weighted by atomic mass is 10.2. The van der Waals surface area contributed by atoms with Crippen LogP contribution >= 0.6 is 23.2 Å². The molecule has 1 aromatic rings. The number of halogens is 2. The van der Waals surface area contributed by atoms with Gasteiger partial charge in [0, 0.05) is 0 Å². The van der Waals surface area contributed by atoms with Gasteiger partial charge in [0.25, 0.3) is 0 Å². The Morgan fingerprint density at radius 2 is 1.78 bits per heavy atom. The van der Waals surface area contributed by atoms with Crippen molar-refractivity contribution in [2.45, 2.75) is 6.92 Å². The van der Waals surface area contributed by atoms with Gasteiger partial charge in [-0.2, -0.15) is 0 Å². The van der Waals surface area contributed by atoms with Crippen LogP contribution in [-0.4, -0.2) is 0 Å². The van der Waals surface area contributed by atoms with Gasteiger partial charge in [-0.1, -0.05) is 29.3 Å². The minimum absolute atomic E-state index is 0.613. The SMILES string of the molecule is Cc1ccc(Cl)c(Cl)c1. The van der Waals surface area contributed by atoms with Crippen LogP contribution < -0.4 is 0 Å². The molecule has 0 heterocycles. The van der Waals surface area contributed by atoms with Crippen molar-refractivity contribution in [3.63, 3.8) is 0 Å². The van der Waals surface area contributed by atoms with Crippen LogP contribution in [0.15, 0.2) is 18.2 Å². The maximum Gasteiger partial charge on any atom is 0.0594 e. The van der Waals surface area contributed by atoms with Crippen molar-refractivity contribution >= 4 is 23.2 Å². The fraction of sp³-hybridized carbons (Fsp3) is 0.143. The molecule has 0 spiro atoms. The molecule has 0 atom stereocenters. The Hall–Kier alpha value is -0.200. The highest BCUT2D eigenvalue weighted by atomic mass is 35.5. The molecule has 0 saturated heterocycles. The van der Waals surface area contributed by atoms with E-state index in [9.17, 15) is 0 Å². The summed E-state index contributed by atoms with van der Waals surface area (Å²) in [5.41, 5.74) is 1.13. The van der Waals surface area contributed by atoms with Crippen molar-refractivity contribution in [1.29, 1.82) is 0 Å². The van der Waals surface area contributed by atoms with Crippen LogP contribution in [0.25, 0.3) is 0 Å². The zero-order valence-corrected chi connectivity index (χ0v) is 6.50. The molecule has 2 heteroatoms. The smallest absolute Gasteiger partial charge is 0.0594 e. The van der Waals surface area contributed by atoms with Gasteiger partial charge in [-0.3, -0.25) is 0 Å². The Morgan fingerprint density at radius 1 is 1.11 bits per heavy atom. The quantitative estimate of drug-likeness (QED) is 0.547. The molecule has 0 unspecified atom stereocenters. The van der Waals surface area contributed by atoms with E-state index in [4.69, 9.17) is 23.2 Å². The average Bonchev–Trinajstić information content (AvgIpc) is 1.80. The summed E-state index contributed by atoms with van der Waals surface area (Å²) in [4.78, 5) is 0. The maximum atomic E-state index is 5.68. The molecule has 0 N–H and O–H groups in total. The van der Waals surface area contributed by atoms with Crippen LogP contribution in [0.2, 0.25) is 10.0 Å². The molecule has 0 aliphatic rings. The topological polar surface area (TPSA) is 0 Å². The van der Waals surface area contributed by atoms with Gasteiger partial charge in [-0.15, -0.1) is 0 Å². The third-order valence-corrected chi connectivity index (χ3v) is 1.81. The van der Waals surface area contributed by atoms with Crippen molar-refractivity contribution < 1.29 is 0 Å². The molecule has 0 aromatic heterocycles. The van der Waals surface area contributed by atoms with Crippen molar-refractivity contribution in [2.75, 3.05) is 0 Å². The van der Waals surface area contributed by atoms with Gasteiger partial charge in [-0.25, -0.2) is 0 Å². The third-order valence-electron chi connectivity index (χ3n) is 1.08. The highest BCUT2D eigenvalue weighted by Crippen LogP contribution is 2.21. The normalized spacial score (nSPS) is 9.67. The maximum absolute atomic E-state index is 5.68. The van der Waals surface area contributed by atoms with Crippen LogP contribution in [0.4, 0.5) is 0 Å². The first-order chi connectivity index (χ1) is 4.20. The summed E-state index contributed by atoms with van der Waals surface area (Å²) in [5.74, 6) is 0.